The van der Waals surface area contributed by atoms with E-state index in [-0.39, 0.29) is 41.6 Å². The van der Waals surface area contributed by atoms with E-state index in [1.807, 2.05) is 25.1 Å². The third kappa shape index (κ3) is 5.26. The Kier molecular flexibility index (Phi) is 7.57. The number of ether oxygens (including phenoxy) is 1. The number of ketones is 2. The standard InChI is InChI=1S/C27H35N3O5/c1-4-23(31)20(13-17-8-5-6-10-24(17)32)29-26(33)22-12-16(2)15-30(22)27(34)21-14-18-19(28-21)9-7-11-25(18)35-3/h7,9,11,14,16-17,20,22,28H,4-6,8,10,12-13,15H2,1-3H3,(H,29,33)/t16-,17?,20+,22+/m1/s1. The summed E-state index contributed by atoms with van der Waals surface area (Å²) in [5.74, 6) is 0.142. The molecule has 1 unspecified atom stereocenters. The second-order valence-corrected chi connectivity index (χ2v) is 9.94. The molecule has 1 saturated heterocycles. The molecule has 8 heteroatoms. The van der Waals surface area contributed by atoms with Crippen LogP contribution in [0.5, 0.6) is 5.75 Å². The Morgan fingerprint density at radius 2 is 2.06 bits per heavy atom. The first kappa shape index (κ1) is 24.9. The van der Waals surface area contributed by atoms with E-state index in [1.54, 1.807) is 25.0 Å². The average Bonchev–Trinajstić information content (AvgIpc) is 3.47. The van der Waals surface area contributed by atoms with Crippen LogP contribution in [0.25, 0.3) is 10.9 Å². The minimum absolute atomic E-state index is 0.0802. The molecule has 2 aliphatic rings. The van der Waals surface area contributed by atoms with E-state index >= 15 is 0 Å². The minimum atomic E-state index is -0.704. The van der Waals surface area contributed by atoms with Crippen molar-refractivity contribution in [2.45, 2.75) is 70.9 Å². The van der Waals surface area contributed by atoms with Crippen molar-refractivity contribution in [3.05, 3.63) is 30.0 Å². The number of hydrogen-bond donors (Lipinski definition) is 2. The molecule has 2 amide bonds. The summed E-state index contributed by atoms with van der Waals surface area (Å²) in [6, 6.07) is 5.94. The van der Waals surface area contributed by atoms with Crippen LogP contribution >= 0.6 is 0 Å². The Labute approximate surface area is 205 Å². The molecule has 4 rings (SSSR count). The molecule has 1 aromatic carbocycles. The number of nitrogens with zero attached hydrogens (tertiary/aromatic N) is 1. The maximum absolute atomic E-state index is 13.5. The molecule has 1 aliphatic carbocycles. The van der Waals surface area contributed by atoms with Crippen LogP contribution in [-0.4, -0.2) is 59.0 Å². The van der Waals surface area contributed by atoms with Gasteiger partial charge in [-0.25, -0.2) is 0 Å². The molecule has 0 radical (unpaired) electrons. The number of fused-ring (bicyclic) bond motifs is 1. The van der Waals surface area contributed by atoms with Gasteiger partial charge in [0, 0.05) is 36.2 Å². The first-order valence-corrected chi connectivity index (χ1v) is 12.6. The normalized spacial score (nSPS) is 23.3. The fourth-order valence-corrected chi connectivity index (χ4v) is 5.47. The minimum Gasteiger partial charge on any atom is -0.496 e. The van der Waals surface area contributed by atoms with E-state index in [9.17, 15) is 19.2 Å². The molecular formula is C27H35N3O5. The quantitative estimate of drug-likeness (QED) is 0.598. The Morgan fingerprint density at radius 1 is 1.26 bits per heavy atom. The summed E-state index contributed by atoms with van der Waals surface area (Å²) in [7, 11) is 1.58. The first-order valence-electron chi connectivity index (χ1n) is 12.6. The molecule has 0 bridgehead atoms. The lowest BCUT2D eigenvalue weighted by molar-refractivity contribution is -0.131. The second-order valence-electron chi connectivity index (χ2n) is 9.94. The molecule has 0 spiro atoms. The Hall–Kier alpha value is -3.16. The van der Waals surface area contributed by atoms with Crippen molar-refractivity contribution >= 4 is 34.3 Å². The topological polar surface area (TPSA) is 109 Å². The van der Waals surface area contributed by atoms with Gasteiger partial charge in [0.2, 0.25) is 5.91 Å². The van der Waals surface area contributed by atoms with Gasteiger partial charge in [-0.3, -0.25) is 19.2 Å². The number of likely N-dealkylation sites (tertiary alicyclic amines) is 1. The Balaban J connectivity index is 1.52. The molecular weight excluding hydrogens is 446 g/mol. The fraction of sp³-hybridized carbons (Fsp3) is 0.556. The third-order valence-electron chi connectivity index (χ3n) is 7.40. The SMILES string of the molecule is CCC(=O)[C@H](CC1CCCCC1=O)NC(=O)[C@@H]1C[C@@H](C)CN1C(=O)c1cc2c(OC)cccc2[nH]1. The lowest BCUT2D eigenvalue weighted by Crippen LogP contribution is -2.51. The van der Waals surface area contributed by atoms with Crippen molar-refractivity contribution in [2.24, 2.45) is 11.8 Å². The van der Waals surface area contributed by atoms with Gasteiger partial charge in [-0.05, 0) is 49.8 Å². The summed E-state index contributed by atoms with van der Waals surface area (Å²) < 4.78 is 5.40. The molecule has 2 fully saturated rings. The van der Waals surface area contributed by atoms with Crippen molar-refractivity contribution in [1.29, 1.82) is 0 Å². The predicted molar refractivity (Wildman–Crippen MR) is 132 cm³/mol. The van der Waals surface area contributed by atoms with Crippen LogP contribution < -0.4 is 10.1 Å². The zero-order valence-electron chi connectivity index (χ0n) is 20.8. The number of benzene rings is 1. The third-order valence-corrected chi connectivity index (χ3v) is 7.40. The average molecular weight is 482 g/mol. The number of hydrogen-bond acceptors (Lipinski definition) is 5. The summed E-state index contributed by atoms with van der Waals surface area (Å²) in [5.41, 5.74) is 1.18. The van der Waals surface area contributed by atoms with Crippen molar-refractivity contribution in [2.75, 3.05) is 13.7 Å². The number of H-pyrrole nitrogens is 1. The fourth-order valence-electron chi connectivity index (χ4n) is 5.47. The van der Waals surface area contributed by atoms with Gasteiger partial charge in [-0.15, -0.1) is 0 Å². The van der Waals surface area contributed by atoms with Gasteiger partial charge >= 0.3 is 0 Å². The molecule has 2 heterocycles. The van der Waals surface area contributed by atoms with Crippen LogP contribution in [0.4, 0.5) is 0 Å². The van der Waals surface area contributed by atoms with Crippen LogP contribution in [0.1, 0.15) is 69.3 Å². The summed E-state index contributed by atoms with van der Waals surface area (Å²) in [6.07, 6.45) is 4.32. The van der Waals surface area contributed by atoms with Crippen LogP contribution in [-0.2, 0) is 14.4 Å². The summed E-state index contributed by atoms with van der Waals surface area (Å²) in [5, 5.41) is 3.72. The summed E-state index contributed by atoms with van der Waals surface area (Å²) >= 11 is 0. The highest BCUT2D eigenvalue weighted by Crippen LogP contribution is 2.30. The van der Waals surface area contributed by atoms with Gasteiger partial charge in [0.15, 0.2) is 5.78 Å². The number of amides is 2. The smallest absolute Gasteiger partial charge is 0.270 e. The van der Waals surface area contributed by atoms with E-state index in [4.69, 9.17) is 4.74 Å². The Morgan fingerprint density at radius 3 is 2.77 bits per heavy atom. The van der Waals surface area contributed by atoms with Crippen LogP contribution in [0.2, 0.25) is 0 Å². The predicted octanol–water partition coefficient (Wildman–Crippen LogP) is 3.64. The van der Waals surface area contributed by atoms with Crippen molar-refractivity contribution in [1.82, 2.24) is 15.2 Å². The van der Waals surface area contributed by atoms with Crippen LogP contribution in [0.3, 0.4) is 0 Å². The molecule has 2 aromatic rings. The van der Waals surface area contributed by atoms with Crippen LogP contribution in [0.15, 0.2) is 24.3 Å². The Bertz CT molecular complexity index is 1120. The molecule has 4 atom stereocenters. The van der Waals surface area contributed by atoms with Gasteiger partial charge in [0.05, 0.1) is 13.2 Å². The first-order chi connectivity index (χ1) is 16.8. The van der Waals surface area contributed by atoms with Gasteiger partial charge in [-0.2, -0.15) is 0 Å². The second kappa shape index (κ2) is 10.6. The number of nitrogens with one attached hydrogen (secondary N) is 2. The van der Waals surface area contributed by atoms with Crippen molar-refractivity contribution in [3.63, 3.8) is 0 Å². The van der Waals surface area contributed by atoms with Gasteiger partial charge < -0.3 is 19.9 Å². The number of carbonyl (C=O) groups excluding carboxylic acids is 4. The molecule has 2 N–H and O–H groups in total. The zero-order valence-corrected chi connectivity index (χ0v) is 20.8. The van der Waals surface area contributed by atoms with Gasteiger partial charge in [0.1, 0.15) is 23.3 Å². The van der Waals surface area contributed by atoms with Gasteiger partial charge in [0.25, 0.3) is 5.91 Å². The van der Waals surface area contributed by atoms with E-state index in [2.05, 4.69) is 10.3 Å². The molecule has 8 nitrogen and oxygen atoms in total. The van der Waals surface area contributed by atoms with E-state index in [0.29, 0.717) is 37.3 Å². The lowest BCUT2D eigenvalue weighted by atomic mass is 9.82. The van der Waals surface area contributed by atoms with Crippen molar-refractivity contribution in [3.8, 4) is 5.75 Å². The molecule has 188 valence electrons. The highest BCUT2D eigenvalue weighted by molar-refractivity contribution is 6.02. The molecule has 35 heavy (non-hydrogen) atoms. The van der Waals surface area contributed by atoms with Gasteiger partial charge in [-0.1, -0.05) is 26.3 Å². The van der Waals surface area contributed by atoms with E-state index < -0.39 is 12.1 Å². The number of aromatic nitrogens is 1. The molecule has 1 saturated carbocycles. The zero-order chi connectivity index (χ0) is 25.1. The highest BCUT2D eigenvalue weighted by atomic mass is 16.5. The van der Waals surface area contributed by atoms with E-state index in [0.717, 1.165) is 30.2 Å². The van der Waals surface area contributed by atoms with Crippen molar-refractivity contribution < 1.29 is 23.9 Å². The number of aromatic amines is 1. The maximum atomic E-state index is 13.5. The summed E-state index contributed by atoms with van der Waals surface area (Å²) in [4.78, 5) is 56.6. The van der Waals surface area contributed by atoms with E-state index in [1.165, 1.54) is 0 Å². The molecule has 1 aliphatic heterocycles. The highest BCUT2D eigenvalue weighted by Gasteiger charge is 2.40. The maximum Gasteiger partial charge on any atom is 0.270 e. The number of rotatable bonds is 8. The summed E-state index contributed by atoms with van der Waals surface area (Å²) in [6.45, 7) is 4.23. The largest absolute Gasteiger partial charge is 0.496 e. The number of Topliss-reactive ketones (excluding diaryl/α,β-unsaturated/α-hetero) is 2. The molecule has 1 aromatic heterocycles. The van der Waals surface area contributed by atoms with Crippen LogP contribution in [0, 0.1) is 11.8 Å². The monoisotopic (exact) mass is 481 g/mol. The lowest BCUT2D eigenvalue weighted by Gasteiger charge is -2.28. The number of carbonyl (C=O) groups is 4. The number of methoxy groups -OCH3 is 1.